The van der Waals surface area contributed by atoms with Crippen LogP contribution >= 0.6 is 0 Å². The molecule has 2 N–H and O–H groups in total. The Labute approximate surface area is 146 Å². The van der Waals surface area contributed by atoms with Gasteiger partial charge in [0.2, 0.25) is 0 Å². The number of hydrogen-bond donors (Lipinski definition) is 2. The third kappa shape index (κ3) is 3.64. The molecule has 0 saturated carbocycles. The van der Waals surface area contributed by atoms with Crippen LogP contribution < -0.4 is 10.9 Å². The molecule has 2 aromatic rings. The Morgan fingerprint density at radius 2 is 1.96 bits per heavy atom. The number of nitrogens with zero attached hydrogens (tertiary/aromatic N) is 1. The van der Waals surface area contributed by atoms with Gasteiger partial charge in [0.05, 0.1) is 19.3 Å². The number of nitrogens with one attached hydrogen (secondary N) is 2. The van der Waals surface area contributed by atoms with Gasteiger partial charge >= 0.3 is 0 Å². The second-order valence-corrected chi connectivity index (χ2v) is 6.64. The van der Waals surface area contributed by atoms with Crippen molar-refractivity contribution in [3.05, 3.63) is 62.8 Å². The van der Waals surface area contributed by atoms with Crippen molar-refractivity contribution in [2.75, 3.05) is 13.2 Å². The number of aromatic amines is 1. The van der Waals surface area contributed by atoms with Gasteiger partial charge in [-0.25, -0.2) is 0 Å². The number of hydrogen-bond acceptors (Lipinski definition) is 4. The van der Waals surface area contributed by atoms with E-state index < -0.39 is 0 Å². The van der Waals surface area contributed by atoms with E-state index in [1.807, 2.05) is 32.9 Å². The van der Waals surface area contributed by atoms with Crippen LogP contribution in [0.25, 0.3) is 0 Å². The van der Waals surface area contributed by atoms with Crippen LogP contribution in [0.5, 0.6) is 0 Å². The van der Waals surface area contributed by atoms with Gasteiger partial charge in [-0.05, 0) is 56.0 Å². The lowest BCUT2D eigenvalue weighted by Gasteiger charge is -2.20. The van der Waals surface area contributed by atoms with Gasteiger partial charge in [-0.1, -0.05) is 0 Å². The number of carbonyl (C=O) groups is 1. The van der Waals surface area contributed by atoms with Crippen molar-refractivity contribution in [1.29, 1.82) is 0 Å². The van der Waals surface area contributed by atoms with E-state index in [1.165, 1.54) is 0 Å². The first-order valence-corrected chi connectivity index (χ1v) is 8.45. The maximum atomic E-state index is 12.7. The molecular formula is C19H23N3O3. The summed E-state index contributed by atoms with van der Waals surface area (Å²) in [5, 5.41) is 2.99. The molecule has 0 radical (unpaired) electrons. The normalized spacial score (nSPS) is 19.8. The van der Waals surface area contributed by atoms with Gasteiger partial charge in [-0.2, -0.15) is 0 Å². The minimum absolute atomic E-state index is 0.110. The molecule has 132 valence electrons. The first-order valence-electron chi connectivity index (χ1n) is 8.45. The highest BCUT2D eigenvalue weighted by molar-refractivity contribution is 5.95. The van der Waals surface area contributed by atoms with Crippen LogP contribution in [0.15, 0.2) is 29.3 Å². The highest BCUT2D eigenvalue weighted by Crippen LogP contribution is 2.20. The smallest absolute Gasteiger partial charge is 0.261 e. The molecule has 25 heavy (non-hydrogen) atoms. The predicted molar refractivity (Wildman–Crippen MR) is 94.8 cm³/mol. The summed E-state index contributed by atoms with van der Waals surface area (Å²) in [6.45, 7) is 6.61. The largest absolute Gasteiger partial charge is 0.379 e. The third-order valence-electron chi connectivity index (χ3n) is 5.02. The summed E-state index contributed by atoms with van der Waals surface area (Å²) < 4.78 is 5.57. The van der Waals surface area contributed by atoms with Crippen LogP contribution in [-0.4, -0.2) is 35.1 Å². The van der Waals surface area contributed by atoms with Gasteiger partial charge in [0.15, 0.2) is 0 Å². The summed E-state index contributed by atoms with van der Waals surface area (Å²) in [6.07, 6.45) is 4.32. The van der Waals surface area contributed by atoms with Gasteiger partial charge in [0, 0.05) is 24.0 Å². The van der Waals surface area contributed by atoms with E-state index >= 15 is 0 Å². The molecule has 3 heterocycles. The minimum Gasteiger partial charge on any atom is -0.379 e. The van der Waals surface area contributed by atoms with Crippen molar-refractivity contribution in [3.8, 4) is 0 Å². The van der Waals surface area contributed by atoms with Gasteiger partial charge in [-0.15, -0.1) is 0 Å². The van der Waals surface area contributed by atoms with Crippen molar-refractivity contribution in [1.82, 2.24) is 15.3 Å². The summed E-state index contributed by atoms with van der Waals surface area (Å²) in [6, 6.07) is 3.83. The average molecular weight is 341 g/mol. The Morgan fingerprint density at radius 3 is 2.68 bits per heavy atom. The van der Waals surface area contributed by atoms with Crippen LogP contribution in [0.3, 0.4) is 0 Å². The summed E-state index contributed by atoms with van der Waals surface area (Å²) in [5.74, 6) is -0.158. The van der Waals surface area contributed by atoms with E-state index in [0.29, 0.717) is 13.2 Å². The van der Waals surface area contributed by atoms with Gasteiger partial charge in [0.1, 0.15) is 5.56 Å². The first-order chi connectivity index (χ1) is 12.0. The second-order valence-electron chi connectivity index (χ2n) is 6.64. The van der Waals surface area contributed by atoms with E-state index in [0.717, 1.165) is 28.8 Å². The molecule has 0 spiro atoms. The predicted octanol–water partition coefficient (Wildman–Crippen LogP) is 1.68. The molecule has 3 rings (SSSR count). The molecule has 0 aromatic carbocycles. The van der Waals surface area contributed by atoms with E-state index in [4.69, 9.17) is 4.74 Å². The number of pyridine rings is 2. The number of ether oxygens (including phenoxy) is 1. The molecule has 1 amide bonds. The quantitative estimate of drug-likeness (QED) is 0.886. The second kappa shape index (κ2) is 7.19. The molecule has 1 aliphatic rings. The third-order valence-corrected chi connectivity index (χ3v) is 5.02. The monoisotopic (exact) mass is 341 g/mol. The fourth-order valence-electron chi connectivity index (χ4n) is 3.26. The summed E-state index contributed by atoms with van der Waals surface area (Å²) >= 11 is 0. The zero-order valence-corrected chi connectivity index (χ0v) is 14.8. The summed E-state index contributed by atoms with van der Waals surface area (Å²) in [7, 11) is 0. The molecule has 2 aromatic heterocycles. The fraction of sp³-hybridized carbons (Fsp3) is 0.421. The Balaban J connectivity index is 1.76. The van der Waals surface area contributed by atoms with Gasteiger partial charge in [-0.3, -0.25) is 14.6 Å². The Hall–Kier alpha value is -2.47. The first kappa shape index (κ1) is 17.4. The van der Waals surface area contributed by atoms with Crippen molar-refractivity contribution in [2.24, 2.45) is 5.92 Å². The molecule has 0 bridgehead atoms. The number of aryl methyl sites for hydroxylation is 1. The van der Waals surface area contributed by atoms with Crippen molar-refractivity contribution >= 4 is 5.91 Å². The summed E-state index contributed by atoms with van der Waals surface area (Å²) in [5.41, 5.74) is 3.45. The molecule has 1 fully saturated rings. The molecule has 2 atom stereocenters. The fourth-order valence-corrected chi connectivity index (χ4v) is 3.26. The molecule has 0 aliphatic carbocycles. The molecule has 0 unspecified atom stereocenters. The SMILES string of the molecule is Cc1[nH]c(=O)c(C(=O)N[C@@H]2COC[C@H]2Cc2ccncc2)c(C)c1C. The standard InChI is InChI=1S/C19H23N3O3/c1-11-12(2)17(18(23)21-13(11)3)19(24)22-16-10-25-9-15(16)8-14-4-6-20-7-5-14/h4-7,15-16H,8-10H2,1-3H3,(H,21,23)(H,22,24)/t15-,16-/m1/s1. The topological polar surface area (TPSA) is 84.1 Å². The highest BCUT2D eigenvalue weighted by atomic mass is 16.5. The minimum atomic E-state index is -0.345. The van der Waals surface area contributed by atoms with Crippen molar-refractivity contribution < 1.29 is 9.53 Å². The van der Waals surface area contributed by atoms with Crippen LogP contribution in [0.4, 0.5) is 0 Å². The van der Waals surface area contributed by atoms with Crippen LogP contribution in [0.2, 0.25) is 0 Å². The lowest BCUT2D eigenvalue weighted by atomic mass is 9.95. The van der Waals surface area contributed by atoms with Crippen LogP contribution in [0.1, 0.15) is 32.7 Å². The zero-order valence-electron chi connectivity index (χ0n) is 14.8. The molecule has 6 heteroatoms. The number of carbonyl (C=O) groups excluding carboxylic acids is 1. The molecule has 1 aliphatic heterocycles. The van der Waals surface area contributed by atoms with Crippen LogP contribution in [0, 0.1) is 26.7 Å². The summed E-state index contributed by atoms with van der Waals surface area (Å²) in [4.78, 5) is 31.7. The highest BCUT2D eigenvalue weighted by Gasteiger charge is 2.31. The van der Waals surface area contributed by atoms with Gasteiger partial charge < -0.3 is 15.0 Å². The Bertz CT molecular complexity index is 830. The Morgan fingerprint density at radius 1 is 1.24 bits per heavy atom. The van der Waals surface area contributed by atoms with E-state index in [1.54, 1.807) is 12.4 Å². The van der Waals surface area contributed by atoms with Crippen LogP contribution in [-0.2, 0) is 11.2 Å². The number of rotatable bonds is 4. The van der Waals surface area contributed by atoms with E-state index in [2.05, 4.69) is 15.3 Å². The molecule has 1 saturated heterocycles. The van der Waals surface area contributed by atoms with Gasteiger partial charge in [0.25, 0.3) is 11.5 Å². The maximum Gasteiger partial charge on any atom is 0.261 e. The lowest BCUT2D eigenvalue weighted by molar-refractivity contribution is 0.0922. The van der Waals surface area contributed by atoms with E-state index in [9.17, 15) is 9.59 Å². The number of amides is 1. The lowest BCUT2D eigenvalue weighted by Crippen LogP contribution is -2.43. The Kier molecular flexibility index (Phi) is 4.99. The maximum absolute atomic E-state index is 12.7. The molecule has 6 nitrogen and oxygen atoms in total. The van der Waals surface area contributed by atoms with Crippen molar-refractivity contribution in [2.45, 2.75) is 33.2 Å². The average Bonchev–Trinajstić information content (AvgIpc) is 3.00. The number of aromatic nitrogens is 2. The van der Waals surface area contributed by atoms with E-state index in [-0.39, 0.29) is 29.0 Å². The molecular weight excluding hydrogens is 318 g/mol. The zero-order chi connectivity index (χ0) is 18.0. The number of H-pyrrole nitrogens is 1. The van der Waals surface area contributed by atoms with Crippen molar-refractivity contribution in [3.63, 3.8) is 0 Å².